The van der Waals surface area contributed by atoms with E-state index in [-0.39, 0.29) is 5.91 Å². The van der Waals surface area contributed by atoms with Crippen LogP contribution in [0.3, 0.4) is 0 Å². The monoisotopic (exact) mass is 341 g/mol. The van der Waals surface area contributed by atoms with Crippen molar-refractivity contribution in [1.29, 1.82) is 0 Å². The molecule has 0 fully saturated rings. The highest BCUT2D eigenvalue weighted by Crippen LogP contribution is 2.37. The summed E-state index contributed by atoms with van der Waals surface area (Å²) in [6.07, 6.45) is 1.96. The molecule has 0 bridgehead atoms. The highest BCUT2D eigenvalue weighted by atomic mass is 16.5. The summed E-state index contributed by atoms with van der Waals surface area (Å²) in [6.45, 7) is 2.54. The Kier molecular flexibility index (Phi) is 4.28. The van der Waals surface area contributed by atoms with Gasteiger partial charge >= 0.3 is 0 Å². The van der Waals surface area contributed by atoms with Crippen LogP contribution in [0.15, 0.2) is 72.8 Å². The Bertz CT molecular complexity index is 990. The molecule has 0 unspecified atom stereocenters. The van der Waals surface area contributed by atoms with E-state index in [0.717, 1.165) is 33.7 Å². The predicted molar refractivity (Wildman–Crippen MR) is 106 cm³/mol. The van der Waals surface area contributed by atoms with E-state index in [0.29, 0.717) is 12.2 Å². The molecule has 0 aliphatic carbocycles. The van der Waals surface area contributed by atoms with Gasteiger partial charge in [0.15, 0.2) is 0 Å². The van der Waals surface area contributed by atoms with Crippen molar-refractivity contribution in [2.75, 3.05) is 11.9 Å². The maximum Gasteiger partial charge on any atom is 0.256 e. The third-order valence-electron chi connectivity index (χ3n) is 4.43. The molecule has 3 nitrogen and oxygen atoms in total. The molecule has 3 aromatic carbocycles. The van der Waals surface area contributed by atoms with E-state index in [2.05, 4.69) is 23.5 Å². The third kappa shape index (κ3) is 3.00. The Morgan fingerprint density at radius 1 is 0.923 bits per heavy atom. The van der Waals surface area contributed by atoms with E-state index in [1.54, 1.807) is 0 Å². The molecule has 26 heavy (non-hydrogen) atoms. The summed E-state index contributed by atoms with van der Waals surface area (Å²) >= 11 is 0. The first kappa shape index (κ1) is 16.2. The molecule has 0 aromatic heterocycles. The minimum Gasteiger partial charge on any atom is -0.494 e. The van der Waals surface area contributed by atoms with E-state index in [4.69, 9.17) is 4.74 Å². The van der Waals surface area contributed by atoms with Crippen LogP contribution in [0.5, 0.6) is 5.75 Å². The lowest BCUT2D eigenvalue weighted by atomic mass is 9.96. The highest BCUT2D eigenvalue weighted by molar-refractivity contribution is 6.35. The number of fused-ring (bicyclic) bond motifs is 1. The van der Waals surface area contributed by atoms with Gasteiger partial charge in [0, 0.05) is 17.2 Å². The molecule has 3 aromatic rings. The van der Waals surface area contributed by atoms with Gasteiger partial charge < -0.3 is 10.1 Å². The number of benzene rings is 3. The van der Waals surface area contributed by atoms with Crippen LogP contribution in [0, 0.1) is 0 Å². The molecule has 128 valence electrons. The summed E-state index contributed by atoms with van der Waals surface area (Å²) in [4.78, 5) is 12.5. The quantitative estimate of drug-likeness (QED) is 0.659. The van der Waals surface area contributed by atoms with Gasteiger partial charge in [-0.25, -0.2) is 0 Å². The number of hydrogen-bond acceptors (Lipinski definition) is 2. The van der Waals surface area contributed by atoms with Crippen LogP contribution >= 0.6 is 0 Å². The second-order valence-electron chi connectivity index (χ2n) is 6.11. The Morgan fingerprint density at radius 3 is 2.50 bits per heavy atom. The van der Waals surface area contributed by atoms with E-state index < -0.39 is 0 Å². The number of ether oxygens (including phenoxy) is 1. The van der Waals surface area contributed by atoms with Crippen molar-refractivity contribution in [2.24, 2.45) is 0 Å². The Morgan fingerprint density at radius 2 is 1.69 bits per heavy atom. The zero-order valence-electron chi connectivity index (χ0n) is 14.5. The van der Waals surface area contributed by atoms with Gasteiger partial charge in [-0.1, -0.05) is 54.6 Å². The van der Waals surface area contributed by atoms with Gasteiger partial charge in [0.25, 0.3) is 5.91 Å². The van der Waals surface area contributed by atoms with Crippen molar-refractivity contribution >= 4 is 23.2 Å². The molecule has 0 spiro atoms. The zero-order chi connectivity index (χ0) is 17.9. The standard InChI is InChI=1S/C23H19NO2/c1-2-26-18-12-13-20-21(23(25)24-22(20)15-18)14-17-10-6-7-11-19(17)16-8-4-3-5-9-16/h3-15H,2H2,1H3,(H,24,25). The molecule has 4 rings (SSSR count). The van der Waals surface area contributed by atoms with Gasteiger partial charge in [0.05, 0.1) is 12.3 Å². The fourth-order valence-electron chi connectivity index (χ4n) is 3.23. The third-order valence-corrected chi connectivity index (χ3v) is 4.43. The van der Waals surface area contributed by atoms with E-state index in [1.807, 2.05) is 67.6 Å². The summed E-state index contributed by atoms with van der Waals surface area (Å²) in [5.41, 5.74) is 5.63. The van der Waals surface area contributed by atoms with Crippen LogP contribution in [0.25, 0.3) is 22.8 Å². The van der Waals surface area contributed by atoms with Crippen molar-refractivity contribution in [1.82, 2.24) is 0 Å². The summed E-state index contributed by atoms with van der Waals surface area (Å²) < 4.78 is 5.53. The number of amides is 1. The Labute approximate surface area is 152 Å². The lowest BCUT2D eigenvalue weighted by Crippen LogP contribution is -2.03. The minimum absolute atomic E-state index is 0.0866. The van der Waals surface area contributed by atoms with Crippen LogP contribution < -0.4 is 10.1 Å². The number of anilines is 1. The predicted octanol–water partition coefficient (Wildman–Crippen LogP) is 5.25. The molecule has 0 saturated carbocycles. The largest absolute Gasteiger partial charge is 0.494 e. The minimum atomic E-state index is -0.0866. The normalized spacial score (nSPS) is 14.2. The molecule has 3 heteroatoms. The fourth-order valence-corrected chi connectivity index (χ4v) is 3.23. The zero-order valence-corrected chi connectivity index (χ0v) is 14.5. The number of hydrogen-bond donors (Lipinski definition) is 1. The summed E-state index contributed by atoms with van der Waals surface area (Å²) in [6, 6.07) is 24.0. The molecular formula is C23H19NO2. The van der Waals surface area contributed by atoms with Crippen molar-refractivity contribution in [3.8, 4) is 16.9 Å². The van der Waals surface area contributed by atoms with Gasteiger partial charge in [-0.2, -0.15) is 0 Å². The topological polar surface area (TPSA) is 38.3 Å². The maximum atomic E-state index is 12.5. The van der Waals surface area contributed by atoms with Crippen molar-refractivity contribution in [2.45, 2.75) is 6.92 Å². The maximum absolute atomic E-state index is 12.5. The van der Waals surface area contributed by atoms with Crippen molar-refractivity contribution in [3.05, 3.63) is 83.9 Å². The van der Waals surface area contributed by atoms with Crippen molar-refractivity contribution < 1.29 is 9.53 Å². The van der Waals surface area contributed by atoms with E-state index in [1.165, 1.54) is 0 Å². The number of nitrogens with one attached hydrogen (secondary N) is 1. The number of rotatable bonds is 4. The molecule has 1 aliphatic heterocycles. The van der Waals surface area contributed by atoms with Gasteiger partial charge in [0.2, 0.25) is 0 Å². The van der Waals surface area contributed by atoms with Crippen LogP contribution in [-0.4, -0.2) is 12.5 Å². The second-order valence-corrected chi connectivity index (χ2v) is 6.11. The molecule has 1 heterocycles. The van der Waals surface area contributed by atoms with Crippen LogP contribution in [0.2, 0.25) is 0 Å². The lowest BCUT2D eigenvalue weighted by molar-refractivity contribution is -0.110. The molecule has 0 atom stereocenters. The fraction of sp³-hybridized carbons (Fsp3) is 0.0870. The van der Waals surface area contributed by atoms with Gasteiger partial charge in [-0.15, -0.1) is 0 Å². The SMILES string of the molecule is CCOc1ccc2c(c1)NC(=O)C2=Cc1ccccc1-c1ccccc1. The molecular weight excluding hydrogens is 322 g/mol. The average Bonchev–Trinajstić information content (AvgIpc) is 2.98. The van der Waals surface area contributed by atoms with Crippen LogP contribution in [0.4, 0.5) is 5.69 Å². The smallest absolute Gasteiger partial charge is 0.256 e. The first-order chi connectivity index (χ1) is 12.8. The van der Waals surface area contributed by atoms with E-state index in [9.17, 15) is 4.79 Å². The lowest BCUT2D eigenvalue weighted by Gasteiger charge is -2.07. The van der Waals surface area contributed by atoms with Gasteiger partial charge in [-0.05, 0) is 41.8 Å². The summed E-state index contributed by atoms with van der Waals surface area (Å²) in [5.74, 6) is 0.675. The van der Waals surface area contributed by atoms with Gasteiger partial charge in [0.1, 0.15) is 5.75 Å². The molecule has 1 amide bonds. The number of carbonyl (C=O) groups excluding carboxylic acids is 1. The second kappa shape index (κ2) is 6.89. The molecule has 0 radical (unpaired) electrons. The average molecular weight is 341 g/mol. The molecule has 1 aliphatic rings. The van der Waals surface area contributed by atoms with Crippen LogP contribution in [-0.2, 0) is 4.79 Å². The van der Waals surface area contributed by atoms with Gasteiger partial charge in [-0.3, -0.25) is 4.79 Å². The Hall–Kier alpha value is -3.33. The number of carbonyl (C=O) groups is 1. The summed E-state index contributed by atoms with van der Waals surface area (Å²) in [5, 5.41) is 2.94. The first-order valence-electron chi connectivity index (χ1n) is 8.71. The highest BCUT2D eigenvalue weighted by Gasteiger charge is 2.24. The van der Waals surface area contributed by atoms with E-state index >= 15 is 0 Å². The molecule has 0 saturated heterocycles. The van der Waals surface area contributed by atoms with Crippen molar-refractivity contribution in [3.63, 3.8) is 0 Å². The Balaban J connectivity index is 1.78. The van der Waals surface area contributed by atoms with Crippen LogP contribution in [0.1, 0.15) is 18.1 Å². The molecule has 1 N–H and O–H groups in total. The summed E-state index contributed by atoms with van der Waals surface area (Å²) in [7, 11) is 0. The first-order valence-corrected chi connectivity index (χ1v) is 8.71.